The first-order valence-corrected chi connectivity index (χ1v) is 11.3. The fourth-order valence-corrected chi connectivity index (χ4v) is 4.13. The summed E-state index contributed by atoms with van der Waals surface area (Å²) in [5, 5.41) is 4.56. The van der Waals surface area contributed by atoms with E-state index < -0.39 is 11.7 Å². The van der Waals surface area contributed by atoms with Crippen LogP contribution >= 0.6 is 0 Å². The van der Waals surface area contributed by atoms with Crippen molar-refractivity contribution in [2.75, 3.05) is 26.2 Å². The predicted molar refractivity (Wildman–Crippen MR) is 122 cm³/mol. The molecule has 0 bridgehead atoms. The largest absolute Gasteiger partial charge is 0.492 e. The Labute approximate surface area is 195 Å². The quantitative estimate of drug-likeness (QED) is 0.388. The van der Waals surface area contributed by atoms with Crippen molar-refractivity contribution in [1.29, 1.82) is 0 Å². The molecule has 0 aliphatic carbocycles. The Morgan fingerprint density at radius 1 is 0.912 bits per heavy atom. The number of likely N-dealkylation sites (tertiary alicyclic amines) is 1. The molecule has 9 heteroatoms. The fourth-order valence-electron chi connectivity index (χ4n) is 4.13. The van der Waals surface area contributed by atoms with Crippen molar-refractivity contribution in [3.8, 4) is 17.1 Å². The number of nitrogens with zero attached hydrogens (tertiary/aromatic N) is 5. The number of rotatable bonds is 7. The molecule has 0 radical (unpaired) electrons. The van der Waals surface area contributed by atoms with Gasteiger partial charge >= 0.3 is 6.18 Å². The summed E-state index contributed by atoms with van der Waals surface area (Å²) in [7, 11) is 0. The normalized spacial score (nSPS) is 14.7. The van der Waals surface area contributed by atoms with Crippen molar-refractivity contribution in [2.24, 2.45) is 0 Å². The van der Waals surface area contributed by atoms with E-state index in [0.717, 1.165) is 43.1 Å². The summed E-state index contributed by atoms with van der Waals surface area (Å²) < 4.78 is 46.1. The number of aromatic nitrogens is 4. The molecule has 1 aliphatic rings. The third-order valence-corrected chi connectivity index (χ3v) is 5.93. The number of halogens is 3. The van der Waals surface area contributed by atoms with Crippen molar-refractivity contribution in [2.45, 2.75) is 25.4 Å². The smallest absolute Gasteiger partial charge is 0.416 e. The lowest BCUT2D eigenvalue weighted by Crippen LogP contribution is -2.25. The number of alkyl halides is 3. The Morgan fingerprint density at radius 2 is 1.65 bits per heavy atom. The summed E-state index contributed by atoms with van der Waals surface area (Å²) in [5.41, 5.74) is 1.45. The first-order valence-electron chi connectivity index (χ1n) is 11.3. The van der Waals surface area contributed by atoms with Crippen molar-refractivity contribution >= 4 is 5.65 Å². The molecule has 0 spiro atoms. The summed E-state index contributed by atoms with van der Waals surface area (Å²) in [6, 6.07) is 14.5. The summed E-state index contributed by atoms with van der Waals surface area (Å²) >= 11 is 0. The van der Waals surface area contributed by atoms with Gasteiger partial charge in [-0.25, -0.2) is 9.97 Å². The number of ether oxygens (including phenoxy) is 1. The van der Waals surface area contributed by atoms with Gasteiger partial charge in [0.25, 0.3) is 0 Å². The Morgan fingerprint density at radius 3 is 2.35 bits per heavy atom. The van der Waals surface area contributed by atoms with Crippen molar-refractivity contribution in [3.05, 3.63) is 77.7 Å². The van der Waals surface area contributed by atoms with Gasteiger partial charge < -0.3 is 4.74 Å². The van der Waals surface area contributed by atoms with Crippen LogP contribution in [0.5, 0.6) is 5.75 Å². The molecule has 2 aromatic carbocycles. The monoisotopic (exact) mass is 467 g/mol. The van der Waals surface area contributed by atoms with E-state index in [0.29, 0.717) is 35.9 Å². The zero-order chi connectivity index (χ0) is 23.5. The van der Waals surface area contributed by atoms with Crippen LogP contribution in [0.25, 0.3) is 17.0 Å². The van der Waals surface area contributed by atoms with Gasteiger partial charge in [0.2, 0.25) is 0 Å². The SMILES string of the molecule is FC(F)(F)c1ccc(-c2nccc3nc(Cc4ccc(OCCN5CCCC5)cc4)nn23)cc1. The maximum absolute atomic E-state index is 12.9. The Balaban J connectivity index is 1.27. The highest BCUT2D eigenvalue weighted by Crippen LogP contribution is 2.30. The molecule has 0 atom stereocenters. The summed E-state index contributed by atoms with van der Waals surface area (Å²) in [6.07, 6.45) is 0.255. The minimum atomic E-state index is -4.38. The molecular weight excluding hydrogens is 443 g/mol. The number of fused-ring (bicyclic) bond motifs is 1. The molecule has 34 heavy (non-hydrogen) atoms. The lowest BCUT2D eigenvalue weighted by Gasteiger charge is -2.14. The fraction of sp³-hybridized carbons (Fsp3) is 0.320. The first kappa shape index (κ1) is 22.3. The highest BCUT2D eigenvalue weighted by Gasteiger charge is 2.30. The van der Waals surface area contributed by atoms with Crippen molar-refractivity contribution in [1.82, 2.24) is 24.5 Å². The van der Waals surface area contributed by atoms with Gasteiger partial charge in [0.15, 0.2) is 17.3 Å². The predicted octanol–water partition coefficient (Wildman–Crippen LogP) is 4.88. The third kappa shape index (κ3) is 5.04. The van der Waals surface area contributed by atoms with E-state index in [-0.39, 0.29) is 0 Å². The second-order valence-corrected chi connectivity index (χ2v) is 8.36. The van der Waals surface area contributed by atoms with Crippen LogP contribution in [0.2, 0.25) is 0 Å². The minimum Gasteiger partial charge on any atom is -0.492 e. The van der Waals surface area contributed by atoms with Crippen LogP contribution in [0.4, 0.5) is 13.2 Å². The molecule has 5 rings (SSSR count). The number of hydrogen-bond donors (Lipinski definition) is 0. The van der Waals surface area contributed by atoms with Crippen LogP contribution in [0.1, 0.15) is 29.8 Å². The van der Waals surface area contributed by atoms with Crippen molar-refractivity contribution in [3.63, 3.8) is 0 Å². The summed E-state index contributed by atoms with van der Waals surface area (Å²) in [5.74, 6) is 1.87. The van der Waals surface area contributed by atoms with E-state index in [4.69, 9.17) is 4.74 Å². The minimum absolute atomic E-state index is 0.437. The lowest BCUT2D eigenvalue weighted by atomic mass is 10.1. The molecule has 3 heterocycles. The molecule has 0 N–H and O–H groups in total. The van der Waals surface area contributed by atoms with E-state index in [1.54, 1.807) is 16.8 Å². The summed E-state index contributed by atoms with van der Waals surface area (Å²) in [4.78, 5) is 11.3. The number of benzene rings is 2. The molecule has 1 fully saturated rings. The van der Waals surface area contributed by atoms with Crippen molar-refractivity contribution < 1.29 is 17.9 Å². The van der Waals surface area contributed by atoms with Crippen LogP contribution in [-0.4, -0.2) is 50.7 Å². The molecule has 2 aromatic heterocycles. The van der Waals surface area contributed by atoms with Crippen LogP contribution in [0.15, 0.2) is 60.8 Å². The maximum atomic E-state index is 12.9. The first-order chi connectivity index (χ1) is 16.5. The zero-order valence-electron chi connectivity index (χ0n) is 18.5. The molecule has 1 saturated heterocycles. The second-order valence-electron chi connectivity index (χ2n) is 8.36. The Bertz CT molecular complexity index is 1250. The molecule has 0 amide bonds. The number of hydrogen-bond acceptors (Lipinski definition) is 5. The van der Waals surface area contributed by atoms with Crippen LogP contribution < -0.4 is 4.74 Å². The highest BCUT2D eigenvalue weighted by molar-refractivity contribution is 5.59. The molecule has 1 aliphatic heterocycles. The second kappa shape index (κ2) is 9.42. The molecule has 176 valence electrons. The molecule has 0 saturated carbocycles. The average molecular weight is 467 g/mol. The molecule has 4 aromatic rings. The van der Waals surface area contributed by atoms with Gasteiger partial charge in [-0.15, -0.1) is 5.10 Å². The van der Waals surface area contributed by atoms with E-state index in [1.165, 1.54) is 25.0 Å². The van der Waals surface area contributed by atoms with E-state index in [2.05, 4.69) is 20.0 Å². The van der Waals surface area contributed by atoms with Gasteiger partial charge in [-0.3, -0.25) is 4.90 Å². The Hall–Kier alpha value is -3.46. The van der Waals surface area contributed by atoms with Gasteiger partial charge in [0.05, 0.1) is 5.56 Å². The lowest BCUT2D eigenvalue weighted by molar-refractivity contribution is -0.137. The molecule has 0 unspecified atom stereocenters. The standard InChI is InChI=1S/C25H24F3N5O/c26-25(27,28)20-7-5-19(6-8-20)24-29-12-11-23-30-22(31-33(23)24)17-18-3-9-21(10-4-18)34-16-15-32-13-1-2-14-32/h3-12H,1-2,13-17H2. The van der Waals surface area contributed by atoms with Gasteiger partial charge in [-0.05, 0) is 55.8 Å². The van der Waals surface area contributed by atoms with E-state index >= 15 is 0 Å². The molecular formula is C25H24F3N5O. The van der Waals surface area contributed by atoms with Crippen LogP contribution in [0, 0.1) is 0 Å². The summed E-state index contributed by atoms with van der Waals surface area (Å²) in [6.45, 7) is 3.93. The van der Waals surface area contributed by atoms with E-state index in [1.807, 2.05) is 24.3 Å². The average Bonchev–Trinajstić information content (AvgIpc) is 3.49. The van der Waals surface area contributed by atoms with Crippen LogP contribution in [-0.2, 0) is 12.6 Å². The zero-order valence-corrected chi connectivity index (χ0v) is 18.5. The van der Waals surface area contributed by atoms with Gasteiger partial charge in [-0.2, -0.15) is 17.7 Å². The van der Waals surface area contributed by atoms with E-state index in [9.17, 15) is 13.2 Å². The molecule has 6 nitrogen and oxygen atoms in total. The third-order valence-electron chi connectivity index (χ3n) is 5.93. The van der Waals surface area contributed by atoms with Gasteiger partial charge in [0, 0.05) is 30.8 Å². The maximum Gasteiger partial charge on any atom is 0.416 e. The highest BCUT2D eigenvalue weighted by atomic mass is 19.4. The topological polar surface area (TPSA) is 55.6 Å². The Kier molecular flexibility index (Phi) is 6.19. The van der Waals surface area contributed by atoms with Gasteiger partial charge in [-0.1, -0.05) is 24.3 Å². The van der Waals surface area contributed by atoms with Crippen LogP contribution in [0.3, 0.4) is 0 Å². The van der Waals surface area contributed by atoms with Gasteiger partial charge in [0.1, 0.15) is 12.4 Å².